The van der Waals surface area contributed by atoms with E-state index in [1.165, 1.54) is 22.0 Å². The first-order valence-electron chi connectivity index (χ1n) is 4.36. The summed E-state index contributed by atoms with van der Waals surface area (Å²) in [6, 6.07) is 5.97. The van der Waals surface area contributed by atoms with Crippen molar-refractivity contribution >= 4 is 17.4 Å². The number of anilines is 1. The summed E-state index contributed by atoms with van der Waals surface area (Å²) in [7, 11) is 0. The fourth-order valence-electron chi connectivity index (χ4n) is 1.31. The molecule has 2 heterocycles. The summed E-state index contributed by atoms with van der Waals surface area (Å²) in [6.45, 7) is 2.00. The highest BCUT2D eigenvalue weighted by Crippen LogP contribution is 2.15. The normalized spacial score (nSPS) is 10.4. The molecule has 2 aromatic rings. The van der Waals surface area contributed by atoms with Gasteiger partial charge in [0.15, 0.2) is 0 Å². The summed E-state index contributed by atoms with van der Waals surface area (Å²) < 4.78 is 4.23. The standard InChI is InChI=1S/C10H11N3S/c1-7-4-9(14-13-7)5-8-2-3-12-10(11)6-8/h2-4,6H,5H2,1H3,(H2,11,12). The van der Waals surface area contributed by atoms with Crippen LogP contribution >= 0.6 is 11.5 Å². The predicted octanol–water partition coefficient (Wildman–Crippen LogP) is 2.02. The molecule has 0 aliphatic carbocycles. The zero-order valence-corrected chi connectivity index (χ0v) is 8.71. The maximum atomic E-state index is 5.59. The molecule has 0 aliphatic heterocycles. The Morgan fingerprint density at radius 1 is 1.43 bits per heavy atom. The largest absolute Gasteiger partial charge is 0.384 e. The van der Waals surface area contributed by atoms with Crippen molar-refractivity contribution in [3.8, 4) is 0 Å². The van der Waals surface area contributed by atoms with Crippen molar-refractivity contribution < 1.29 is 0 Å². The Morgan fingerprint density at radius 2 is 2.29 bits per heavy atom. The lowest BCUT2D eigenvalue weighted by molar-refractivity contribution is 1.20. The van der Waals surface area contributed by atoms with Crippen LogP contribution in [0.4, 0.5) is 5.82 Å². The lowest BCUT2D eigenvalue weighted by atomic mass is 10.1. The number of hydrogen-bond acceptors (Lipinski definition) is 4. The fraction of sp³-hybridized carbons (Fsp3) is 0.200. The highest BCUT2D eigenvalue weighted by Gasteiger charge is 2.00. The van der Waals surface area contributed by atoms with Gasteiger partial charge in [-0.05, 0) is 42.2 Å². The zero-order valence-electron chi connectivity index (χ0n) is 7.90. The number of aromatic nitrogens is 2. The first-order chi connectivity index (χ1) is 6.74. The maximum absolute atomic E-state index is 5.59. The molecule has 4 heteroatoms. The van der Waals surface area contributed by atoms with Crippen LogP contribution in [0.3, 0.4) is 0 Å². The third-order valence-electron chi connectivity index (χ3n) is 1.90. The highest BCUT2D eigenvalue weighted by atomic mass is 32.1. The number of rotatable bonds is 2. The van der Waals surface area contributed by atoms with Crippen molar-refractivity contribution in [1.82, 2.24) is 9.36 Å². The lowest BCUT2D eigenvalue weighted by Crippen LogP contribution is -1.92. The second-order valence-electron chi connectivity index (χ2n) is 3.20. The van der Waals surface area contributed by atoms with Crippen LogP contribution in [-0.2, 0) is 6.42 Å². The Bertz CT molecular complexity index is 436. The van der Waals surface area contributed by atoms with Gasteiger partial charge in [0.25, 0.3) is 0 Å². The molecular weight excluding hydrogens is 194 g/mol. The van der Waals surface area contributed by atoms with Crippen molar-refractivity contribution in [1.29, 1.82) is 0 Å². The van der Waals surface area contributed by atoms with Gasteiger partial charge in [-0.3, -0.25) is 0 Å². The van der Waals surface area contributed by atoms with E-state index < -0.39 is 0 Å². The molecule has 0 saturated heterocycles. The summed E-state index contributed by atoms with van der Waals surface area (Å²) in [5.41, 5.74) is 7.85. The molecular formula is C10H11N3S. The minimum atomic E-state index is 0.573. The van der Waals surface area contributed by atoms with Crippen LogP contribution in [-0.4, -0.2) is 9.36 Å². The molecule has 0 saturated carbocycles. The van der Waals surface area contributed by atoms with Gasteiger partial charge < -0.3 is 5.73 Å². The van der Waals surface area contributed by atoms with E-state index in [1.807, 2.05) is 19.1 Å². The molecule has 0 fully saturated rings. The van der Waals surface area contributed by atoms with E-state index in [-0.39, 0.29) is 0 Å². The minimum Gasteiger partial charge on any atom is -0.384 e. The molecule has 0 aliphatic rings. The van der Waals surface area contributed by atoms with Crippen LogP contribution in [0.2, 0.25) is 0 Å². The van der Waals surface area contributed by atoms with Gasteiger partial charge in [-0.2, -0.15) is 4.37 Å². The Hall–Kier alpha value is -1.42. The minimum absolute atomic E-state index is 0.573. The third-order valence-corrected chi connectivity index (χ3v) is 2.78. The molecule has 14 heavy (non-hydrogen) atoms. The van der Waals surface area contributed by atoms with E-state index >= 15 is 0 Å². The van der Waals surface area contributed by atoms with Gasteiger partial charge in [0.1, 0.15) is 5.82 Å². The fourth-order valence-corrected chi connectivity index (χ4v) is 2.07. The van der Waals surface area contributed by atoms with E-state index in [2.05, 4.69) is 15.4 Å². The molecule has 0 amide bonds. The average molecular weight is 205 g/mol. The molecule has 0 aromatic carbocycles. The summed E-state index contributed by atoms with van der Waals surface area (Å²) in [6.07, 6.45) is 2.62. The van der Waals surface area contributed by atoms with Gasteiger partial charge in [0, 0.05) is 17.5 Å². The van der Waals surface area contributed by atoms with Crippen LogP contribution in [0.25, 0.3) is 0 Å². The van der Waals surface area contributed by atoms with Gasteiger partial charge in [-0.25, -0.2) is 4.98 Å². The Morgan fingerprint density at radius 3 is 2.93 bits per heavy atom. The number of pyridine rings is 1. The number of nitrogens with two attached hydrogens (primary N) is 1. The topological polar surface area (TPSA) is 51.8 Å². The van der Waals surface area contributed by atoms with Crippen molar-refractivity contribution in [3.63, 3.8) is 0 Å². The van der Waals surface area contributed by atoms with Crippen molar-refractivity contribution in [2.75, 3.05) is 5.73 Å². The molecule has 0 spiro atoms. The Balaban J connectivity index is 2.18. The van der Waals surface area contributed by atoms with Crippen LogP contribution in [0.15, 0.2) is 24.4 Å². The molecule has 3 nitrogen and oxygen atoms in total. The maximum Gasteiger partial charge on any atom is 0.123 e. The molecule has 2 aromatic heterocycles. The molecule has 0 bridgehead atoms. The summed E-state index contributed by atoms with van der Waals surface area (Å²) >= 11 is 1.54. The first kappa shape index (κ1) is 9.15. The number of nitrogens with zero attached hydrogens (tertiary/aromatic N) is 2. The molecule has 0 radical (unpaired) electrons. The van der Waals surface area contributed by atoms with E-state index in [9.17, 15) is 0 Å². The van der Waals surface area contributed by atoms with Gasteiger partial charge in [-0.15, -0.1) is 0 Å². The number of aryl methyl sites for hydroxylation is 1. The first-order valence-corrected chi connectivity index (χ1v) is 5.14. The van der Waals surface area contributed by atoms with E-state index in [1.54, 1.807) is 6.20 Å². The van der Waals surface area contributed by atoms with Gasteiger partial charge in [-0.1, -0.05) is 0 Å². The Kier molecular flexibility index (Phi) is 2.45. The molecule has 0 unspecified atom stereocenters. The van der Waals surface area contributed by atoms with Crippen LogP contribution < -0.4 is 5.73 Å². The highest BCUT2D eigenvalue weighted by molar-refractivity contribution is 7.05. The smallest absolute Gasteiger partial charge is 0.123 e. The lowest BCUT2D eigenvalue weighted by Gasteiger charge is -1.98. The van der Waals surface area contributed by atoms with Crippen LogP contribution in [0.5, 0.6) is 0 Å². The van der Waals surface area contributed by atoms with Crippen LogP contribution in [0.1, 0.15) is 16.1 Å². The molecule has 2 rings (SSSR count). The van der Waals surface area contributed by atoms with Crippen molar-refractivity contribution in [3.05, 3.63) is 40.5 Å². The summed E-state index contributed by atoms with van der Waals surface area (Å²) in [5.74, 6) is 0.573. The van der Waals surface area contributed by atoms with E-state index in [0.717, 1.165) is 12.1 Å². The second kappa shape index (κ2) is 3.75. The number of nitrogen functional groups attached to an aromatic ring is 1. The average Bonchev–Trinajstić information content (AvgIpc) is 2.51. The summed E-state index contributed by atoms with van der Waals surface area (Å²) in [5, 5.41) is 0. The van der Waals surface area contributed by atoms with Crippen LogP contribution in [0, 0.1) is 6.92 Å². The van der Waals surface area contributed by atoms with E-state index in [4.69, 9.17) is 5.73 Å². The summed E-state index contributed by atoms with van der Waals surface area (Å²) in [4.78, 5) is 5.21. The second-order valence-corrected chi connectivity index (χ2v) is 4.09. The molecule has 72 valence electrons. The van der Waals surface area contributed by atoms with Crippen molar-refractivity contribution in [2.45, 2.75) is 13.3 Å². The quantitative estimate of drug-likeness (QED) is 0.816. The third kappa shape index (κ3) is 2.09. The Labute approximate surface area is 86.8 Å². The van der Waals surface area contributed by atoms with E-state index in [0.29, 0.717) is 5.82 Å². The van der Waals surface area contributed by atoms with Gasteiger partial charge in [0.05, 0.1) is 5.69 Å². The van der Waals surface area contributed by atoms with Gasteiger partial charge in [0.2, 0.25) is 0 Å². The molecule has 2 N–H and O–H groups in total. The number of hydrogen-bond donors (Lipinski definition) is 1. The van der Waals surface area contributed by atoms with Gasteiger partial charge >= 0.3 is 0 Å². The zero-order chi connectivity index (χ0) is 9.97. The SMILES string of the molecule is Cc1cc(Cc2ccnc(N)c2)sn1. The predicted molar refractivity (Wildman–Crippen MR) is 58.3 cm³/mol. The van der Waals surface area contributed by atoms with Crippen molar-refractivity contribution in [2.24, 2.45) is 0 Å². The molecule has 0 atom stereocenters. The monoisotopic (exact) mass is 205 g/mol.